The molecule has 5 rings (SSSR count). The van der Waals surface area contributed by atoms with Crippen LogP contribution in [-0.4, -0.2) is 42.7 Å². The lowest BCUT2D eigenvalue weighted by Gasteiger charge is -2.26. The Labute approximate surface area is 210 Å². The first kappa shape index (κ1) is 23.7. The van der Waals surface area contributed by atoms with Gasteiger partial charge in [0.25, 0.3) is 5.91 Å². The van der Waals surface area contributed by atoms with Crippen LogP contribution in [0.2, 0.25) is 0 Å². The molecule has 1 saturated carbocycles. The second kappa shape index (κ2) is 10.7. The van der Waals surface area contributed by atoms with E-state index < -0.39 is 0 Å². The molecule has 0 aliphatic heterocycles. The standard InChI is InChI=1S/C27H31N7O2/c1-2-34-17-29-23-24(32-27(33-25(23)34)31-20-11-13-22(35)14-12-20)30-21-10-6-9-19(15-21)26(36)28-16-18-7-4-3-5-8-18/h3-10,15,17,20,22,35H,2,11-14,16H2,1H3,(H,28,36)(H2,30,31,32,33). The van der Waals surface area contributed by atoms with E-state index in [9.17, 15) is 9.90 Å². The first-order valence-electron chi connectivity index (χ1n) is 12.5. The second-order valence-electron chi connectivity index (χ2n) is 9.12. The molecule has 1 aliphatic carbocycles. The number of carbonyl (C=O) groups is 1. The molecule has 186 valence electrons. The van der Waals surface area contributed by atoms with Gasteiger partial charge in [0.15, 0.2) is 17.0 Å². The largest absolute Gasteiger partial charge is 0.393 e. The number of fused-ring (bicyclic) bond motifs is 1. The Kier molecular flexibility index (Phi) is 7.08. The summed E-state index contributed by atoms with van der Waals surface area (Å²) < 4.78 is 1.98. The van der Waals surface area contributed by atoms with E-state index in [1.165, 1.54) is 0 Å². The summed E-state index contributed by atoms with van der Waals surface area (Å²) in [6, 6.07) is 17.4. The Bertz CT molecular complexity index is 1330. The van der Waals surface area contributed by atoms with Crippen molar-refractivity contribution in [2.24, 2.45) is 0 Å². The highest BCUT2D eigenvalue weighted by molar-refractivity contribution is 5.95. The summed E-state index contributed by atoms with van der Waals surface area (Å²) >= 11 is 0. The van der Waals surface area contributed by atoms with E-state index in [1.807, 2.05) is 54.0 Å². The number of imidazole rings is 1. The number of nitrogens with zero attached hydrogens (tertiary/aromatic N) is 4. The Balaban J connectivity index is 1.36. The molecule has 1 amide bonds. The van der Waals surface area contributed by atoms with Crippen LogP contribution in [0.4, 0.5) is 17.5 Å². The molecule has 9 nitrogen and oxygen atoms in total. The smallest absolute Gasteiger partial charge is 0.251 e. The number of rotatable bonds is 8. The minimum absolute atomic E-state index is 0.146. The maximum atomic E-state index is 12.8. The number of hydrogen-bond donors (Lipinski definition) is 4. The monoisotopic (exact) mass is 485 g/mol. The average molecular weight is 486 g/mol. The summed E-state index contributed by atoms with van der Waals surface area (Å²) in [4.78, 5) is 26.8. The zero-order valence-corrected chi connectivity index (χ0v) is 20.3. The van der Waals surface area contributed by atoms with Gasteiger partial charge in [-0.15, -0.1) is 0 Å². The molecular weight excluding hydrogens is 454 g/mol. The van der Waals surface area contributed by atoms with E-state index >= 15 is 0 Å². The number of amides is 1. The summed E-state index contributed by atoms with van der Waals surface area (Å²) in [7, 11) is 0. The van der Waals surface area contributed by atoms with Crippen molar-refractivity contribution in [3.8, 4) is 0 Å². The van der Waals surface area contributed by atoms with Gasteiger partial charge in [0.05, 0.1) is 12.4 Å². The summed E-state index contributed by atoms with van der Waals surface area (Å²) in [6.07, 6.45) is 4.84. The number of carbonyl (C=O) groups excluding carboxylic acids is 1. The third-order valence-corrected chi connectivity index (χ3v) is 6.52. The van der Waals surface area contributed by atoms with Crippen LogP contribution in [-0.2, 0) is 13.1 Å². The number of hydrogen-bond acceptors (Lipinski definition) is 7. The minimum atomic E-state index is -0.220. The van der Waals surface area contributed by atoms with Crippen LogP contribution in [0.25, 0.3) is 11.2 Å². The van der Waals surface area contributed by atoms with Gasteiger partial charge < -0.3 is 25.6 Å². The first-order chi connectivity index (χ1) is 17.6. The lowest BCUT2D eigenvalue weighted by Crippen LogP contribution is -2.29. The molecule has 0 unspecified atom stereocenters. The molecule has 0 radical (unpaired) electrons. The van der Waals surface area contributed by atoms with Crippen molar-refractivity contribution in [1.82, 2.24) is 24.8 Å². The highest BCUT2D eigenvalue weighted by Crippen LogP contribution is 2.27. The van der Waals surface area contributed by atoms with E-state index in [-0.39, 0.29) is 18.1 Å². The third-order valence-electron chi connectivity index (χ3n) is 6.52. The molecule has 1 aliphatic rings. The van der Waals surface area contributed by atoms with Crippen molar-refractivity contribution < 1.29 is 9.90 Å². The van der Waals surface area contributed by atoms with Crippen molar-refractivity contribution in [2.75, 3.05) is 10.6 Å². The number of aliphatic hydroxyl groups excluding tert-OH is 1. The van der Waals surface area contributed by atoms with E-state index in [0.29, 0.717) is 29.4 Å². The molecule has 1 fully saturated rings. The van der Waals surface area contributed by atoms with Crippen molar-refractivity contribution in [3.63, 3.8) is 0 Å². The van der Waals surface area contributed by atoms with Gasteiger partial charge in [-0.05, 0) is 56.4 Å². The van der Waals surface area contributed by atoms with Crippen LogP contribution in [0.5, 0.6) is 0 Å². The lowest BCUT2D eigenvalue weighted by molar-refractivity contribution is 0.0951. The lowest BCUT2D eigenvalue weighted by atomic mass is 9.93. The van der Waals surface area contributed by atoms with Gasteiger partial charge in [-0.25, -0.2) is 4.98 Å². The predicted octanol–water partition coefficient (Wildman–Crippen LogP) is 4.24. The first-order valence-corrected chi connectivity index (χ1v) is 12.5. The molecule has 2 aromatic heterocycles. The van der Waals surface area contributed by atoms with Crippen molar-refractivity contribution in [3.05, 3.63) is 72.1 Å². The fraction of sp³-hybridized carbons (Fsp3) is 0.333. The van der Waals surface area contributed by atoms with Gasteiger partial charge in [0, 0.05) is 30.4 Å². The molecule has 36 heavy (non-hydrogen) atoms. The molecule has 4 N–H and O–H groups in total. The van der Waals surface area contributed by atoms with Crippen molar-refractivity contribution in [2.45, 2.75) is 57.8 Å². The van der Waals surface area contributed by atoms with Crippen LogP contribution >= 0.6 is 0 Å². The highest BCUT2D eigenvalue weighted by Gasteiger charge is 2.21. The molecule has 0 saturated heterocycles. The fourth-order valence-corrected chi connectivity index (χ4v) is 4.49. The maximum Gasteiger partial charge on any atom is 0.251 e. The quantitative estimate of drug-likeness (QED) is 0.295. The van der Waals surface area contributed by atoms with Crippen LogP contribution in [0, 0.1) is 0 Å². The average Bonchev–Trinajstić information content (AvgIpc) is 3.33. The van der Waals surface area contributed by atoms with Crippen molar-refractivity contribution in [1.29, 1.82) is 0 Å². The summed E-state index contributed by atoms with van der Waals surface area (Å²) in [5, 5.41) is 19.6. The van der Waals surface area contributed by atoms with E-state index in [1.54, 1.807) is 18.5 Å². The molecule has 0 bridgehead atoms. The Morgan fingerprint density at radius 3 is 2.64 bits per heavy atom. The Hall–Kier alpha value is -3.98. The molecule has 9 heteroatoms. The van der Waals surface area contributed by atoms with Crippen LogP contribution in [0.3, 0.4) is 0 Å². The maximum absolute atomic E-state index is 12.8. The number of aromatic nitrogens is 4. The molecular formula is C27H31N7O2. The van der Waals surface area contributed by atoms with Gasteiger partial charge in [-0.1, -0.05) is 36.4 Å². The molecule has 2 heterocycles. The number of nitrogens with one attached hydrogen (secondary N) is 3. The highest BCUT2D eigenvalue weighted by atomic mass is 16.3. The number of aryl methyl sites for hydroxylation is 1. The van der Waals surface area contributed by atoms with Gasteiger partial charge >= 0.3 is 0 Å². The Morgan fingerprint density at radius 1 is 1.06 bits per heavy atom. The molecule has 2 aromatic carbocycles. The Morgan fingerprint density at radius 2 is 1.86 bits per heavy atom. The van der Waals surface area contributed by atoms with E-state index in [2.05, 4.69) is 20.9 Å². The number of aliphatic hydroxyl groups is 1. The van der Waals surface area contributed by atoms with Gasteiger partial charge in [0.1, 0.15) is 0 Å². The number of anilines is 3. The molecule has 0 spiro atoms. The molecule has 4 aromatic rings. The zero-order chi connectivity index (χ0) is 24.9. The molecule has 0 atom stereocenters. The summed E-state index contributed by atoms with van der Waals surface area (Å²) in [5.74, 6) is 0.957. The van der Waals surface area contributed by atoms with Gasteiger partial charge in [-0.3, -0.25) is 4.79 Å². The third kappa shape index (κ3) is 5.46. The second-order valence-corrected chi connectivity index (χ2v) is 9.12. The minimum Gasteiger partial charge on any atom is -0.393 e. The SMILES string of the molecule is CCn1cnc2c(Nc3cccc(C(=O)NCc4ccccc4)c3)nc(NC3CCC(O)CC3)nc21. The normalized spacial score (nSPS) is 17.6. The van der Waals surface area contributed by atoms with Gasteiger partial charge in [0.2, 0.25) is 5.95 Å². The van der Waals surface area contributed by atoms with Crippen molar-refractivity contribution >= 4 is 34.5 Å². The van der Waals surface area contributed by atoms with E-state index in [0.717, 1.165) is 49.1 Å². The zero-order valence-electron chi connectivity index (χ0n) is 20.3. The summed E-state index contributed by atoms with van der Waals surface area (Å²) in [5.41, 5.74) is 3.74. The van der Waals surface area contributed by atoms with E-state index in [4.69, 9.17) is 9.97 Å². The fourth-order valence-electron chi connectivity index (χ4n) is 4.49. The van der Waals surface area contributed by atoms with Crippen LogP contribution in [0.1, 0.15) is 48.5 Å². The summed E-state index contributed by atoms with van der Waals surface area (Å²) in [6.45, 7) is 3.24. The van der Waals surface area contributed by atoms with Crippen LogP contribution < -0.4 is 16.0 Å². The van der Waals surface area contributed by atoms with Crippen LogP contribution in [0.15, 0.2) is 60.9 Å². The number of benzene rings is 2. The van der Waals surface area contributed by atoms with Gasteiger partial charge in [-0.2, -0.15) is 9.97 Å². The topological polar surface area (TPSA) is 117 Å². The predicted molar refractivity (Wildman–Crippen MR) is 140 cm³/mol.